The molecule has 0 radical (unpaired) electrons. The van der Waals surface area contributed by atoms with Gasteiger partial charge in [-0.05, 0) is 43.2 Å². The number of benzene rings is 1. The SMILES string of the molecule is NC(=O)c1cc(F)c(NC2CCCCC2N)nc1Nc1ccc2cc(-n3cccn3)cnc2c1. The van der Waals surface area contributed by atoms with Crippen molar-refractivity contribution in [2.45, 2.75) is 37.8 Å². The standard InChI is InChI=1S/C24H25FN8O/c25-18-12-17(22(27)34)23(32-24(18)31-20-5-2-1-4-19(20)26)30-15-7-6-14-10-16(13-28-21(14)11-15)33-9-3-8-29-33/h3,6-13,19-20H,1-2,4-5,26H2,(H2,27,34)(H2,30,31,32). The molecule has 1 aliphatic rings. The van der Waals surface area contributed by atoms with Gasteiger partial charge in [0.15, 0.2) is 11.6 Å². The van der Waals surface area contributed by atoms with Crippen molar-refractivity contribution in [2.75, 3.05) is 10.6 Å². The molecule has 0 saturated heterocycles. The smallest absolute Gasteiger partial charge is 0.252 e. The van der Waals surface area contributed by atoms with Gasteiger partial charge in [0, 0.05) is 35.6 Å². The Morgan fingerprint density at radius 1 is 1.15 bits per heavy atom. The van der Waals surface area contributed by atoms with Crippen molar-refractivity contribution in [1.82, 2.24) is 19.7 Å². The number of halogens is 1. The van der Waals surface area contributed by atoms with E-state index in [9.17, 15) is 9.18 Å². The number of anilines is 3. The Hall–Kier alpha value is -4.05. The summed E-state index contributed by atoms with van der Waals surface area (Å²) in [7, 11) is 0. The third kappa shape index (κ3) is 4.40. The number of rotatable bonds is 6. The topological polar surface area (TPSA) is 137 Å². The lowest BCUT2D eigenvalue weighted by molar-refractivity contribution is 0.100. The lowest BCUT2D eigenvalue weighted by Gasteiger charge is -2.30. The summed E-state index contributed by atoms with van der Waals surface area (Å²) < 4.78 is 16.5. The average molecular weight is 461 g/mol. The molecule has 0 spiro atoms. The minimum atomic E-state index is -0.780. The van der Waals surface area contributed by atoms with E-state index in [4.69, 9.17) is 11.5 Å². The molecule has 1 fully saturated rings. The van der Waals surface area contributed by atoms with Crippen molar-refractivity contribution in [3.63, 3.8) is 0 Å². The zero-order valence-corrected chi connectivity index (χ0v) is 18.4. The predicted molar refractivity (Wildman–Crippen MR) is 129 cm³/mol. The van der Waals surface area contributed by atoms with Crippen LogP contribution in [0, 0.1) is 5.82 Å². The molecule has 0 bridgehead atoms. The first-order valence-corrected chi connectivity index (χ1v) is 11.2. The minimum Gasteiger partial charge on any atom is -0.365 e. The summed E-state index contributed by atoms with van der Waals surface area (Å²) in [6.45, 7) is 0. The van der Waals surface area contributed by atoms with Crippen LogP contribution in [0.25, 0.3) is 16.6 Å². The summed E-state index contributed by atoms with van der Waals surface area (Å²) in [6, 6.07) is 10.3. The van der Waals surface area contributed by atoms with E-state index in [1.165, 1.54) is 0 Å². The van der Waals surface area contributed by atoms with Crippen LogP contribution in [0.4, 0.5) is 21.7 Å². The summed E-state index contributed by atoms with van der Waals surface area (Å²) >= 11 is 0. The second kappa shape index (κ2) is 9.06. The van der Waals surface area contributed by atoms with Gasteiger partial charge >= 0.3 is 0 Å². The largest absolute Gasteiger partial charge is 0.365 e. The second-order valence-corrected chi connectivity index (χ2v) is 8.45. The molecule has 1 aliphatic carbocycles. The maximum absolute atomic E-state index is 14.8. The Kier molecular flexibility index (Phi) is 5.81. The van der Waals surface area contributed by atoms with Crippen LogP contribution in [0.3, 0.4) is 0 Å². The fourth-order valence-electron chi connectivity index (χ4n) is 4.26. The van der Waals surface area contributed by atoms with Crippen molar-refractivity contribution in [2.24, 2.45) is 11.5 Å². The van der Waals surface area contributed by atoms with Gasteiger partial charge in [-0.1, -0.05) is 18.9 Å². The number of amides is 1. The molecule has 4 aromatic rings. The fraction of sp³-hybridized carbons (Fsp3) is 0.250. The maximum Gasteiger partial charge on any atom is 0.252 e. The number of pyridine rings is 2. The molecule has 2 unspecified atom stereocenters. The van der Waals surface area contributed by atoms with Gasteiger partial charge in [0.05, 0.1) is 23.0 Å². The summed E-state index contributed by atoms with van der Waals surface area (Å²) in [5, 5.41) is 11.3. The van der Waals surface area contributed by atoms with Crippen LogP contribution in [0.1, 0.15) is 36.0 Å². The van der Waals surface area contributed by atoms with Gasteiger partial charge in [-0.2, -0.15) is 5.10 Å². The Morgan fingerprint density at radius 3 is 2.76 bits per heavy atom. The van der Waals surface area contributed by atoms with E-state index >= 15 is 0 Å². The molecular formula is C24H25FN8O. The highest BCUT2D eigenvalue weighted by atomic mass is 19.1. The lowest BCUT2D eigenvalue weighted by Crippen LogP contribution is -2.43. The zero-order valence-electron chi connectivity index (χ0n) is 18.4. The summed E-state index contributed by atoms with van der Waals surface area (Å²) in [5.74, 6) is -1.23. The van der Waals surface area contributed by atoms with Gasteiger partial charge in [0.25, 0.3) is 5.91 Å². The molecule has 3 heterocycles. The van der Waals surface area contributed by atoms with Gasteiger partial charge in [-0.3, -0.25) is 9.78 Å². The maximum atomic E-state index is 14.8. The highest BCUT2D eigenvalue weighted by Crippen LogP contribution is 2.28. The van der Waals surface area contributed by atoms with Crippen LogP contribution >= 0.6 is 0 Å². The lowest BCUT2D eigenvalue weighted by atomic mass is 9.91. The molecule has 3 aromatic heterocycles. The van der Waals surface area contributed by atoms with Crippen LogP contribution in [-0.2, 0) is 0 Å². The van der Waals surface area contributed by atoms with Crippen LogP contribution < -0.4 is 22.1 Å². The van der Waals surface area contributed by atoms with Crippen LogP contribution in [-0.4, -0.2) is 37.7 Å². The van der Waals surface area contributed by atoms with Crippen molar-refractivity contribution in [1.29, 1.82) is 0 Å². The Bertz CT molecular complexity index is 1340. The van der Waals surface area contributed by atoms with Crippen molar-refractivity contribution >= 4 is 34.1 Å². The van der Waals surface area contributed by atoms with E-state index in [2.05, 4.69) is 25.7 Å². The number of primary amides is 1. The molecule has 2 atom stereocenters. The molecule has 5 rings (SSSR count). The number of hydrogen-bond donors (Lipinski definition) is 4. The van der Waals surface area contributed by atoms with Gasteiger partial charge in [0.1, 0.15) is 5.82 Å². The predicted octanol–water partition coefficient (Wildman–Crippen LogP) is 3.48. The van der Waals surface area contributed by atoms with Gasteiger partial charge in [0.2, 0.25) is 0 Å². The monoisotopic (exact) mass is 460 g/mol. The molecule has 1 saturated carbocycles. The fourth-order valence-corrected chi connectivity index (χ4v) is 4.26. The highest BCUT2D eigenvalue weighted by molar-refractivity contribution is 5.99. The normalized spacial score (nSPS) is 18.1. The van der Waals surface area contributed by atoms with Crippen molar-refractivity contribution in [3.05, 3.63) is 66.4 Å². The molecular weight excluding hydrogens is 435 g/mol. The number of aromatic nitrogens is 4. The molecule has 1 amide bonds. The summed E-state index contributed by atoms with van der Waals surface area (Å²) in [4.78, 5) is 20.9. The number of carbonyl (C=O) groups excluding carboxylic acids is 1. The molecule has 9 nitrogen and oxygen atoms in total. The van der Waals surface area contributed by atoms with E-state index in [1.54, 1.807) is 17.1 Å². The molecule has 174 valence electrons. The third-order valence-corrected chi connectivity index (χ3v) is 6.08. The van der Waals surface area contributed by atoms with Gasteiger partial charge in [-0.15, -0.1) is 0 Å². The summed E-state index contributed by atoms with van der Waals surface area (Å²) in [6.07, 6.45) is 9.05. The number of fused-ring (bicyclic) bond motifs is 1. The first-order chi connectivity index (χ1) is 16.5. The van der Waals surface area contributed by atoms with Crippen molar-refractivity contribution in [3.8, 4) is 5.69 Å². The van der Waals surface area contributed by atoms with Crippen molar-refractivity contribution < 1.29 is 9.18 Å². The number of carbonyl (C=O) groups is 1. The first-order valence-electron chi connectivity index (χ1n) is 11.2. The average Bonchev–Trinajstić information content (AvgIpc) is 3.37. The third-order valence-electron chi connectivity index (χ3n) is 6.08. The number of nitrogens with one attached hydrogen (secondary N) is 2. The first kappa shape index (κ1) is 21.8. The van der Waals surface area contributed by atoms with Crippen LogP contribution in [0.2, 0.25) is 0 Å². The highest BCUT2D eigenvalue weighted by Gasteiger charge is 2.24. The van der Waals surface area contributed by atoms with E-state index < -0.39 is 11.7 Å². The zero-order chi connectivity index (χ0) is 23.7. The Morgan fingerprint density at radius 2 is 2.00 bits per heavy atom. The van der Waals surface area contributed by atoms with Crippen LogP contribution in [0.15, 0.2) is 55.0 Å². The van der Waals surface area contributed by atoms with E-state index in [0.717, 1.165) is 48.3 Å². The second-order valence-electron chi connectivity index (χ2n) is 8.45. The molecule has 10 heteroatoms. The minimum absolute atomic E-state index is 0.0395. The molecule has 0 aliphatic heterocycles. The quantitative estimate of drug-likeness (QED) is 0.346. The number of hydrogen-bond acceptors (Lipinski definition) is 7. The Balaban J connectivity index is 1.45. The Labute approximate surface area is 195 Å². The molecule has 34 heavy (non-hydrogen) atoms. The van der Waals surface area contributed by atoms with E-state index in [1.807, 2.05) is 36.5 Å². The summed E-state index contributed by atoms with van der Waals surface area (Å²) in [5.41, 5.74) is 13.9. The van der Waals surface area contributed by atoms with Gasteiger partial charge < -0.3 is 22.1 Å². The van der Waals surface area contributed by atoms with Gasteiger partial charge in [-0.25, -0.2) is 14.1 Å². The molecule has 1 aromatic carbocycles. The van der Waals surface area contributed by atoms with Crippen LogP contribution in [0.5, 0.6) is 0 Å². The van der Waals surface area contributed by atoms with E-state index in [-0.39, 0.29) is 29.3 Å². The number of nitrogens with two attached hydrogens (primary N) is 2. The molecule has 6 N–H and O–H groups in total. The number of nitrogens with zero attached hydrogens (tertiary/aromatic N) is 4. The van der Waals surface area contributed by atoms with E-state index in [0.29, 0.717) is 5.69 Å².